The van der Waals surface area contributed by atoms with E-state index in [0.29, 0.717) is 11.5 Å². The molecule has 6 aromatic rings. The van der Waals surface area contributed by atoms with Crippen LogP contribution in [-0.2, 0) is 26.5 Å². The second-order valence-electron chi connectivity index (χ2n) is 12.7. The van der Waals surface area contributed by atoms with E-state index in [2.05, 4.69) is 128 Å². The number of para-hydroxylation sites is 1. The Bertz CT molecular complexity index is 1990. The summed E-state index contributed by atoms with van der Waals surface area (Å²) in [6.45, 7) is 10.8. The van der Waals surface area contributed by atoms with Gasteiger partial charge in [-0.05, 0) is 60.8 Å². The fourth-order valence-electron chi connectivity index (χ4n) is 6.18. The largest absolute Gasteiger partial charge is 2.00 e. The number of nitrogens with zero attached hydrogens (tertiary/aromatic N) is 4. The number of rotatable bonds is 6. The second-order valence-corrected chi connectivity index (χ2v) is 12.7. The normalized spacial score (nSPS) is 12.5. The molecule has 0 radical (unpaired) electrons. The van der Waals surface area contributed by atoms with Gasteiger partial charge in [-0.1, -0.05) is 92.2 Å². The van der Waals surface area contributed by atoms with Crippen LogP contribution in [0.1, 0.15) is 37.5 Å². The van der Waals surface area contributed by atoms with Gasteiger partial charge in [-0.15, -0.1) is 47.5 Å². The molecule has 234 valence electrons. The number of hydrogen-bond acceptors (Lipinski definition) is 5. The first-order valence-corrected chi connectivity index (χ1v) is 15.6. The van der Waals surface area contributed by atoms with Gasteiger partial charge in [0.1, 0.15) is 5.82 Å². The molecule has 0 aliphatic carbocycles. The van der Waals surface area contributed by atoms with Crippen molar-refractivity contribution in [1.82, 2.24) is 9.97 Å². The van der Waals surface area contributed by atoms with Gasteiger partial charge in [-0.3, -0.25) is 0 Å². The molecular weight excluding hydrogens is 758 g/mol. The Balaban J connectivity index is 0.00000386. The van der Waals surface area contributed by atoms with Gasteiger partial charge in [0, 0.05) is 29.6 Å². The maximum atomic E-state index is 6.56. The zero-order chi connectivity index (χ0) is 31.8. The molecule has 0 unspecified atom stereocenters. The van der Waals surface area contributed by atoms with Crippen LogP contribution in [0.25, 0.3) is 11.3 Å². The SMILES string of the molecule is Cc1cccc(C)c1B1N(c2ccccc2)c2cccnc2N1c1[c-]c(Oc2[c-]c(-c3ccccn3)ccc2)cc(C(C)(C)C)c1.[Pt+2]. The van der Waals surface area contributed by atoms with Crippen LogP contribution in [0.5, 0.6) is 11.5 Å². The van der Waals surface area contributed by atoms with E-state index in [-0.39, 0.29) is 33.5 Å². The van der Waals surface area contributed by atoms with Gasteiger partial charge < -0.3 is 19.3 Å². The summed E-state index contributed by atoms with van der Waals surface area (Å²) in [4.78, 5) is 14.2. The van der Waals surface area contributed by atoms with Crippen LogP contribution in [0.4, 0.5) is 22.9 Å². The number of fused-ring (bicyclic) bond motifs is 1. The molecule has 0 atom stereocenters. The molecule has 1 aliphatic heterocycles. The van der Waals surface area contributed by atoms with Crippen molar-refractivity contribution in [1.29, 1.82) is 0 Å². The van der Waals surface area contributed by atoms with E-state index in [0.717, 1.165) is 39.7 Å². The van der Waals surface area contributed by atoms with Crippen LogP contribution in [-0.4, -0.2) is 17.0 Å². The molecule has 0 saturated heterocycles. The van der Waals surface area contributed by atoms with Crippen molar-refractivity contribution in [3.8, 4) is 22.8 Å². The van der Waals surface area contributed by atoms with Crippen molar-refractivity contribution in [2.45, 2.75) is 40.0 Å². The van der Waals surface area contributed by atoms with Crippen LogP contribution in [0.2, 0.25) is 0 Å². The van der Waals surface area contributed by atoms with Crippen molar-refractivity contribution < 1.29 is 25.8 Å². The smallest absolute Gasteiger partial charge is 0.503 e. The quantitative estimate of drug-likeness (QED) is 0.124. The topological polar surface area (TPSA) is 41.5 Å². The molecular formula is C40H35BN4OPt. The third kappa shape index (κ3) is 6.35. The summed E-state index contributed by atoms with van der Waals surface area (Å²) in [6, 6.07) is 44.4. The summed E-state index contributed by atoms with van der Waals surface area (Å²) in [6.07, 6.45) is 3.65. The fraction of sp³-hybridized carbons (Fsp3) is 0.150. The molecule has 5 nitrogen and oxygen atoms in total. The Hall–Kier alpha value is -4.67. The van der Waals surface area contributed by atoms with E-state index in [1.54, 1.807) is 6.20 Å². The van der Waals surface area contributed by atoms with E-state index in [1.807, 2.05) is 48.7 Å². The molecule has 0 bridgehead atoms. The van der Waals surface area contributed by atoms with E-state index in [1.165, 1.54) is 16.6 Å². The average Bonchev–Trinajstić information content (AvgIpc) is 3.40. The van der Waals surface area contributed by atoms with E-state index >= 15 is 0 Å². The van der Waals surface area contributed by atoms with Gasteiger partial charge in [-0.25, -0.2) is 4.98 Å². The standard InChI is InChI=1S/C40H35BN4O.Pt/c1-28-14-11-15-29(2)38(28)41-44(32-17-7-6-8-18-32)37-21-13-23-43-39(37)45(41)33-25-31(40(3,4)5)26-35(27-33)46-34-19-12-16-30(24-34)36-20-9-10-22-42-36;/h6-23,25-26H,1-5H3;/q-2;+2. The Morgan fingerprint density at radius 1 is 0.681 bits per heavy atom. The number of aryl methyl sites for hydroxylation is 2. The summed E-state index contributed by atoms with van der Waals surface area (Å²) in [5.74, 6) is 2.09. The number of aromatic nitrogens is 2. The van der Waals surface area contributed by atoms with Crippen molar-refractivity contribution >= 4 is 35.3 Å². The third-order valence-electron chi connectivity index (χ3n) is 8.46. The molecule has 0 N–H and O–H groups in total. The van der Waals surface area contributed by atoms with Crippen LogP contribution in [0.15, 0.2) is 122 Å². The number of anilines is 4. The number of hydrogen-bond donors (Lipinski definition) is 0. The Labute approximate surface area is 292 Å². The summed E-state index contributed by atoms with van der Waals surface area (Å²) in [7, 11) is 0. The van der Waals surface area contributed by atoms with Gasteiger partial charge in [0.05, 0.1) is 5.69 Å². The molecule has 4 aromatic carbocycles. The van der Waals surface area contributed by atoms with Crippen LogP contribution in [0, 0.1) is 26.0 Å². The van der Waals surface area contributed by atoms with Crippen molar-refractivity contribution in [2.24, 2.45) is 0 Å². The third-order valence-corrected chi connectivity index (χ3v) is 8.46. The summed E-state index contributed by atoms with van der Waals surface area (Å²) >= 11 is 0. The average molecular weight is 794 g/mol. The van der Waals surface area contributed by atoms with Crippen molar-refractivity contribution in [3.05, 3.63) is 150 Å². The Morgan fingerprint density at radius 2 is 1.40 bits per heavy atom. The van der Waals surface area contributed by atoms with Crippen molar-refractivity contribution in [3.63, 3.8) is 0 Å². The van der Waals surface area contributed by atoms with Crippen molar-refractivity contribution in [2.75, 3.05) is 9.62 Å². The predicted octanol–water partition coefficient (Wildman–Crippen LogP) is 9.13. The molecule has 7 rings (SSSR count). The first-order valence-electron chi connectivity index (χ1n) is 15.6. The molecule has 0 spiro atoms. The fourth-order valence-corrected chi connectivity index (χ4v) is 6.18. The van der Waals surface area contributed by atoms with Crippen LogP contribution >= 0.6 is 0 Å². The van der Waals surface area contributed by atoms with Gasteiger partial charge in [0.2, 0.25) is 0 Å². The monoisotopic (exact) mass is 793 g/mol. The van der Waals surface area contributed by atoms with Gasteiger partial charge >= 0.3 is 28.0 Å². The number of benzene rings is 4. The van der Waals surface area contributed by atoms with Gasteiger partial charge in [-0.2, -0.15) is 0 Å². The predicted molar refractivity (Wildman–Crippen MR) is 189 cm³/mol. The maximum absolute atomic E-state index is 6.56. The van der Waals surface area contributed by atoms with Crippen LogP contribution in [0.3, 0.4) is 0 Å². The molecule has 0 saturated carbocycles. The summed E-state index contributed by atoms with van der Waals surface area (Å²) in [5, 5.41) is 0. The summed E-state index contributed by atoms with van der Waals surface area (Å²) < 4.78 is 6.56. The minimum Gasteiger partial charge on any atom is -0.503 e. The number of pyridine rings is 2. The molecule has 7 heteroatoms. The minimum atomic E-state index is -0.202. The molecule has 0 fully saturated rings. The van der Waals surface area contributed by atoms with Gasteiger partial charge in [0.25, 0.3) is 0 Å². The zero-order valence-electron chi connectivity index (χ0n) is 27.1. The molecule has 47 heavy (non-hydrogen) atoms. The number of ether oxygens (including phenoxy) is 1. The first kappa shape index (κ1) is 32.3. The van der Waals surface area contributed by atoms with Gasteiger partial charge in [0.15, 0.2) is 0 Å². The minimum absolute atomic E-state index is 0. The summed E-state index contributed by atoms with van der Waals surface area (Å²) in [5.41, 5.74) is 9.38. The second kappa shape index (κ2) is 13.2. The zero-order valence-corrected chi connectivity index (χ0v) is 29.4. The van der Waals surface area contributed by atoms with Crippen LogP contribution < -0.4 is 19.8 Å². The van der Waals surface area contributed by atoms with E-state index in [9.17, 15) is 0 Å². The first-order chi connectivity index (χ1) is 22.3. The Morgan fingerprint density at radius 3 is 2.13 bits per heavy atom. The molecule has 2 aromatic heterocycles. The van der Waals surface area contributed by atoms with E-state index in [4.69, 9.17) is 9.72 Å². The molecule has 0 amide bonds. The van der Waals surface area contributed by atoms with E-state index < -0.39 is 0 Å². The molecule has 1 aliphatic rings. The molecule has 3 heterocycles. The Kier molecular flexibility index (Phi) is 9.08. The maximum Gasteiger partial charge on any atom is 2.00 e.